The van der Waals surface area contributed by atoms with Crippen LogP contribution in [0.25, 0.3) is 0 Å². The van der Waals surface area contributed by atoms with Crippen molar-refractivity contribution in [3.05, 3.63) is 27.4 Å². The van der Waals surface area contributed by atoms with Crippen LogP contribution < -0.4 is 5.56 Å². The van der Waals surface area contributed by atoms with Crippen LogP contribution in [0.3, 0.4) is 0 Å². The van der Waals surface area contributed by atoms with E-state index in [9.17, 15) is 14.4 Å². The number of hydrogen-bond acceptors (Lipinski definition) is 5. The number of rotatable bonds is 4. The average Bonchev–Trinajstić information content (AvgIpc) is 3.45. The first kappa shape index (κ1) is 17.2. The largest absolute Gasteiger partial charge is 0.469 e. The Morgan fingerprint density at radius 3 is 2.62 bits per heavy atom. The number of fused-ring (bicyclic) bond motifs is 2. The van der Waals surface area contributed by atoms with Crippen molar-refractivity contribution in [3.8, 4) is 0 Å². The second kappa shape index (κ2) is 6.52. The van der Waals surface area contributed by atoms with Gasteiger partial charge in [-0.2, -0.15) is 0 Å². The predicted octanol–water partition coefficient (Wildman–Crippen LogP) is 1.41. The molecule has 0 unspecified atom stereocenters. The van der Waals surface area contributed by atoms with Crippen molar-refractivity contribution in [2.45, 2.75) is 62.7 Å². The third-order valence-electron chi connectivity index (χ3n) is 6.20. The summed E-state index contributed by atoms with van der Waals surface area (Å²) >= 11 is 0. The lowest BCUT2D eigenvalue weighted by atomic mass is 9.76. The molecule has 4 rings (SSSR count). The molecule has 2 fully saturated rings. The number of aromatic nitrogens is 2. The van der Waals surface area contributed by atoms with Gasteiger partial charge < -0.3 is 14.6 Å². The highest BCUT2D eigenvalue weighted by Gasteiger charge is 2.45. The molecule has 1 amide bonds. The normalized spacial score (nSPS) is 20.9. The van der Waals surface area contributed by atoms with E-state index in [1.165, 1.54) is 7.11 Å². The van der Waals surface area contributed by atoms with Gasteiger partial charge in [0.2, 0.25) is 5.91 Å². The fourth-order valence-electron chi connectivity index (χ4n) is 4.36. The van der Waals surface area contributed by atoms with Crippen molar-refractivity contribution in [2.75, 3.05) is 20.2 Å². The van der Waals surface area contributed by atoms with Gasteiger partial charge in [-0.05, 0) is 38.5 Å². The van der Waals surface area contributed by atoms with Crippen LogP contribution in [0.15, 0.2) is 4.79 Å². The number of hydrogen-bond donors (Lipinski definition) is 1. The minimum absolute atomic E-state index is 0.000933. The minimum atomic E-state index is -0.354. The minimum Gasteiger partial charge on any atom is -0.469 e. The highest BCUT2D eigenvalue weighted by molar-refractivity contribution is 5.81. The van der Waals surface area contributed by atoms with Crippen LogP contribution in [0.5, 0.6) is 0 Å². The van der Waals surface area contributed by atoms with Crippen molar-refractivity contribution in [1.82, 2.24) is 14.9 Å². The van der Waals surface area contributed by atoms with Crippen molar-refractivity contribution < 1.29 is 14.3 Å². The van der Waals surface area contributed by atoms with Gasteiger partial charge in [-0.15, -0.1) is 0 Å². The molecule has 2 aliphatic carbocycles. The number of likely N-dealkylation sites (tertiary alicyclic amines) is 1. The summed E-state index contributed by atoms with van der Waals surface area (Å²) in [5, 5.41) is 0. The van der Waals surface area contributed by atoms with Gasteiger partial charge in [-0.3, -0.25) is 14.4 Å². The molecule has 7 nitrogen and oxygen atoms in total. The Labute approximate surface area is 152 Å². The number of H-pyrrole nitrogens is 1. The van der Waals surface area contributed by atoms with Crippen LogP contribution in [0.1, 0.15) is 67.9 Å². The van der Waals surface area contributed by atoms with E-state index in [1.54, 1.807) is 0 Å². The summed E-state index contributed by atoms with van der Waals surface area (Å²) < 4.78 is 4.60. The number of piperidine rings is 1. The molecular weight excluding hydrogens is 334 g/mol. The molecule has 0 atom stereocenters. The van der Waals surface area contributed by atoms with E-state index >= 15 is 0 Å². The average molecular weight is 359 g/mol. The van der Waals surface area contributed by atoms with Gasteiger partial charge in [0.15, 0.2) is 0 Å². The fourth-order valence-corrected chi connectivity index (χ4v) is 4.36. The first-order valence-corrected chi connectivity index (χ1v) is 9.50. The van der Waals surface area contributed by atoms with Gasteiger partial charge >= 0.3 is 5.97 Å². The van der Waals surface area contributed by atoms with Crippen molar-refractivity contribution in [2.24, 2.45) is 0 Å². The third-order valence-corrected chi connectivity index (χ3v) is 6.20. The first-order chi connectivity index (χ1) is 12.5. The van der Waals surface area contributed by atoms with Crippen LogP contribution in [-0.4, -0.2) is 46.9 Å². The molecule has 1 aromatic heterocycles. The standard InChI is InChI=1S/C19H25N3O4/c1-26-15(24)5-4-14(23)22-10-8-19(9-11-22)7-6-13-16(19)20-17(12-2-3-12)21-18(13)25/h12H,2-11H2,1H3,(H,20,21,25). The van der Waals surface area contributed by atoms with Crippen LogP contribution in [-0.2, 0) is 26.2 Å². The fraction of sp³-hybridized carbons (Fsp3) is 0.684. The SMILES string of the molecule is COC(=O)CCC(=O)N1CCC2(CCc3c2nc(C2CC2)[nH]c3=O)CC1. The van der Waals surface area contributed by atoms with E-state index < -0.39 is 0 Å². The molecule has 2 heterocycles. The summed E-state index contributed by atoms with van der Waals surface area (Å²) in [6.45, 7) is 1.32. The summed E-state index contributed by atoms with van der Waals surface area (Å²) in [7, 11) is 1.33. The molecule has 0 bridgehead atoms. The quantitative estimate of drug-likeness (QED) is 0.821. The molecule has 0 radical (unpaired) electrons. The molecule has 1 aliphatic heterocycles. The summed E-state index contributed by atoms with van der Waals surface area (Å²) in [6, 6.07) is 0. The molecule has 1 aromatic rings. The zero-order valence-electron chi connectivity index (χ0n) is 15.2. The maximum atomic E-state index is 12.4. The lowest BCUT2D eigenvalue weighted by Crippen LogP contribution is -2.45. The number of nitrogens with one attached hydrogen (secondary N) is 1. The van der Waals surface area contributed by atoms with E-state index in [1.807, 2.05) is 4.90 Å². The Bertz CT molecular complexity index is 788. The van der Waals surface area contributed by atoms with E-state index in [-0.39, 0.29) is 35.7 Å². The lowest BCUT2D eigenvalue weighted by Gasteiger charge is -2.39. The van der Waals surface area contributed by atoms with Gasteiger partial charge in [0.25, 0.3) is 5.56 Å². The maximum absolute atomic E-state index is 12.4. The smallest absolute Gasteiger partial charge is 0.306 e. The monoisotopic (exact) mass is 359 g/mol. The first-order valence-electron chi connectivity index (χ1n) is 9.50. The Morgan fingerprint density at radius 2 is 1.96 bits per heavy atom. The number of methoxy groups -OCH3 is 1. The lowest BCUT2D eigenvalue weighted by molar-refractivity contribution is -0.144. The number of ether oxygens (including phenoxy) is 1. The molecule has 26 heavy (non-hydrogen) atoms. The molecule has 3 aliphatic rings. The predicted molar refractivity (Wildman–Crippen MR) is 93.9 cm³/mol. The summed E-state index contributed by atoms with van der Waals surface area (Å²) in [6.07, 6.45) is 5.93. The van der Waals surface area contributed by atoms with Crippen LogP contribution in [0.4, 0.5) is 0 Å². The Balaban J connectivity index is 1.46. The Kier molecular flexibility index (Phi) is 4.32. The topological polar surface area (TPSA) is 92.4 Å². The number of esters is 1. The second-order valence-corrected chi connectivity index (χ2v) is 7.79. The van der Waals surface area contributed by atoms with E-state index in [2.05, 4.69) is 9.72 Å². The molecule has 1 saturated heterocycles. The summed E-state index contributed by atoms with van der Waals surface area (Å²) in [4.78, 5) is 45.7. The number of nitrogens with zero attached hydrogens (tertiary/aromatic N) is 2. The Hall–Kier alpha value is -2.18. The third kappa shape index (κ3) is 3.04. The summed E-state index contributed by atoms with van der Waals surface area (Å²) in [5.74, 6) is 0.922. The van der Waals surface area contributed by atoms with Gasteiger partial charge in [0.05, 0.1) is 19.2 Å². The van der Waals surface area contributed by atoms with Crippen molar-refractivity contribution in [3.63, 3.8) is 0 Å². The zero-order valence-corrected chi connectivity index (χ0v) is 15.2. The van der Waals surface area contributed by atoms with E-state index in [0.29, 0.717) is 19.0 Å². The van der Waals surface area contributed by atoms with Crippen LogP contribution >= 0.6 is 0 Å². The van der Waals surface area contributed by atoms with Crippen LogP contribution in [0.2, 0.25) is 0 Å². The molecule has 1 N–H and O–H groups in total. The number of carbonyl (C=O) groups is 2. The number of amides is 1. The van der Waals surface area contributed by atoms with Gasteiger partial charge in [-0.25, -0.2) is 4.98 Å². The highest BCUT2D eigenvalue weighted by Crippen LogP contribution is 2.46. The highest BCUT2D eigenvalue weighted by atomic mass is 16.5. The number of carbonyl (C=O) groups excluding carboxylic acids is 2. The summed E-state index contributed by atoms with van der Waals surface area (Å²) in [5.41, 5.74) is 1.81. The molecule has 7 heteroatoms. The van der Waals surface area contributed by atoms with E-state index in [4.69, 9.17) is 4.98 Å². The number of aromatic amines is 1. The second-order valence-electron chi connectivity index (χ2n) is 7.79. The van der Waals surface area contributed by atoms with E-state index in [0.717, 1.165) is 55.6 Å². The molecule has 1 saturated carbocycles. The van der Waals surface area contributed by atoms with Gasteiger partial charge in [0, 0.05) is 36.4 Å². The van der Waals surface area contributed by atoms with Gasteiger partial charge in [-0.1, -0.05) is 0 Å². The van der Waals surface area contributed by atoms with Crippen molar-refractivity contribution >= 4 is 11.9 Å². The van der Waals surface area contributed by atoms with Crippen molar-refractivity contribution in [1.29, 1.82) is 0 Å². The molecule has 140 valence electrons. The zero-order chi connectivity index (χ0) is 18.3. The molecular formula is C19H25N3O4. The Morgan fingerprint density at radius 1 is 1.23 bits per heavy atom. The molecule has 0 aromatic carbocycles. The van der Waals surface area contributed by atoms with Gasteiger partial charge in [0.1, 0.15) is 5.82 Å². The molecule has 1 spiro atoms. The van der Waals surface area contributed by atoms with Crippen LogP contribution in [0, 0.1) is 0 Å². The maximum Gasteiger partial charge on any atom is 0.306 e.